The molecule has 0 radical (unpaired) electrons. The first kappa shape index (κ1) is 31.0. The fourth-order valence-electron chi connectivity index (χ4n) is 5.88. The highest BCUT2D eigenvalue weighted by molar-refractivity contribution is 6.74. The molecule has 1 aliphatic heterocycles. The third-order valence-electron chi connectivity index (χ3n) is 9.40. The molecule has 5 nitrogen and oxygen atoms in total. The lowest BCUT2D eigenvalue weighted by atomic mass is 9.91. The van der Waals surface area contributed by atoms with Gasteiger partial charge in [-0.2, -0.15) is 0 Å². The second kappa shape index (κ2) is 13.0. The predicted molar refractivity (Wildman–Crippen MR) is 173 cm³/mol. The zero-order valence-corrected chi connectivity index (χ0v) is 27.0. The monoisotopic (exact) mass is 596 g/mol. The van der Waals surface area contributed by atoms with Crippen LogP contribution in [-0.2, 0) is 25.1 Å². The molecule has 226 valence electrons. The number of aryl methyl sites for hydroxylation is 1. The topological polar surface area (TPSA) is 61.8 Å². The summed E-state index contributed by atoms with van der Waals surface area (Å²) in [5, 5.41) is 0.0735. The highest BCUT2D eigenvalue weighted by Crippen LogP contribution is 2.44. The maximum Gasteiger partial charge on any atom is 0.338 e. The molecule has 0 N–H and O–H groups in total. The minimum absolute atomic E-state index is 0.00958. The number of carbonyl (C=O) groups excluding carboxylic acids is 2. The van der Waals surface area contributed by atoms with Crippen molar-refractivity contribution in [1.82, 2.24) is 0 Å². The summed E-state index contributed by atoms with van der Waals surface area (Å²) in [5.41, 5.74) is 3.93. The Morgan fingerprint density at radius 3 is 2.23 bits per heavy atom. The first-order valence-corrected chi connectivity index (χ1v) is 18.4. The van der Waals surface area contributed by atoms with Gasteiger partial charge in [-0.1, -0.05) is 106 Å². The summed E-state index contributed by atoms with van der Waals surface area (Å²) in [6.07, 6.45) is 6.23. The standard InChI is InChI=1S/C37H44O5Si/c1-37(2,3)43(4,5)42-30(21-16-26-12-8-6-9-13-26)22-23-31-32-24-35(38)40-34(32)25-33(31)41-36(39)29-19-17-28(18-20-29)27-14-10-7-11-15-27/h6-15,17-20,22-23,30-34H,16,21,24-25H2,1-5H3. The molecule has 2 fully saturated rings. The molecule has 5 atom stereocenters. The summed E-state index contributed by atoms with van der Waals surface area (Å²) < 4.78 is 18.7. The van der Waals surface area contributed by atoms with Crippen LogP contribution in [0.5, 0.6) is 0 Å². The molecular weight excluding hydrogens is 552 g/mol. The molecule has 3 aromatic rings. The Hall–Kier alpha value is -3.48. The van der Waals surface area contributed by atoms with Gasteiger partial charge in [0, 0.05) is 18.3 Å². The molecule has 1 saturated heterocycles. The molecule has 6 heteroatoms. The highest BCUT2D eigenvalue weighted by atomic mass is 28.4. The Bertz CT molecular complexity index is 1410. The summed E-state index contributed by atoms with van der Waals surface area (Å²) in [6, 6.07) is 28.1. The Balaban J connectivity index is 1.33. The Kier molecular flexibility index (Phi) is 9.38. The molecule has 2 aliphatic rings. The van der Waals surface area contributed by atoms with Gasteiger partial charge in [-0.15, -0.1) is 0 Å². The van der Waals surface area contributed by atoms with E-state index in [-0.39, 0.29) is 47.1 Å². The van der Waals surface area contributed by atoms with E-state index >= 15 is 0 Å². The average Bonchev–Trinajstić information content (AvgIpc) is 3.50. The lowest BCUT2D eigenvalue weighted by molar-refractivity contribution is -0.141. The Labute approximate surface area is 257 Å². The Morgan fingerprint density at radius 2 is 1.58 bits per heavy atom. The second-order valence-electron chi connectivity index (χ2n) is 13.4. The number of fused-ring (bicyclic) bond motifs is 1. The predicted octanol–water partition coefficient (Wildman–Crippen LogP) is 8.41. The second-order valence-corrected chi connectivity index (χ2v) is 18.2. The van der Waals surface area contributed by atoms with Gasteiger partial charge in [-0.3, -0.25) is 4.79 Å². The van der Waals surface area contributed by atoms with Gasteiger partial charge in [0.1, 0.15) is 12.2 Å². The van der Waals surface area contributed by atoms with Crippen molar-refractivity contribution in [3.05, 3.63) is 108 Å². The van der Waals surface area contributed by atoms with Gasteiger partial charge in [-0.05, 0) is 59.8 Å². The third kappa shape index (κ3) is 7.54. The molecule has 1 saturated carbocycles. The number of ether oxygens (including phenoxy) is 2. The maximum absolute atomic E-state index is 13.3. The van der Waals surface area contributed by atoms with Crippen LogP contribution >= 0.6 is 0 Å². The number of hydrogen-bond donors (Lipinski definition) is 0. The molecule has 3 aromatic carbocycles. The van der Waals surface area contributed by atoms with E-state index in [4.69, 9.17) is 13.9 Å². The molecular formula is C37H44O5Si. The van der Waals surface area contributed by atoms with E-state index in [1.54, 1.807) is 0 Å². The first-order chi connectivity index (χ1) is 20.5. The molecule has 5 unspecified atom stereocenters. The first-order valence-electron chi connectivity index (χ1n) is 15.5. The molecule has 0 amide bonds. The minimum Gasteiger partial charge on any atom is -0.462 e. The van der Waals surface area contributed by atoms with Gasteiger partial charge in [0.15, 0.2) is 8.32 Å². The largest absolute Gasteiger partial charge is 0.462 e. The van der Waals surface area contributed by atoms with Crippen LogP contribution in [0.4, 0.5) is 0 Å². The third-order valence-corrected chi connectivity index (χ3v) is 13.9. The molecule has 0 aromatic heterocycles. The van der Waals surface area contributed by atoms with Gasteiger partial charge in [0.05, 0.1) is 18.1 Å². The summed E-state index contributed by atoms with van der Waals surface area (Å²) >= 11 is 0. The van der Waals surface area contributed by atoms with Crippen molar-refractivity contribution >= 4 is 20.3 Å². The van der Waals surface area contributed by atoms with E-state index in [0.29, 0.717) is 18.4 Å². The van der Waals surface area contributed by atoms with Crippen LogP contribution in [0.15, 0.2) is 97.1 Å². The van der Waals surface area contributed by atoms with Crippen LogP contribution in [0.2, 0.25) is 18.1 Å². The van der Waals surface area contributed by atoms with Crippen molar-refractivity contribution in [2.24, 2.45) is 11.8 Å². The molecule has 0 bridgehead atoms. The van der Waals surface area contributed by atoms with Crippen molar-refractivity contribution in [3.63, 3.8) is 0 Å². The van der Waals surface area contributed by atoms with E-state index < -0.39 is 8.32 Å². The highest BCUT2D eigenvalue weighted by Gasteiger charge is 2.51. The summed E-state index contributed by atoms with van der Waals surface area (Å²) in [4.78, 5) is 25.5. The van der Waals surface area contributed by atoms with Crippen molar-refractivity contribution in [3.8, 4) is 11.1 Å². The van der Waals surface area contributed by atoms with Gasteiger partial charge in [0.2, 0.25) is 0 Å². The van der Waals surface area contributed by atoms with E-state index in [0.717, 1.165) is 24.0 Å². The van der Waals surface area contributed by atoms with Gasteiger partial charge in [0.25, 0.3) is 0 Å². The molecule has 5 rings (SSSR count). The number of benzene rings is 3. The van der Waals surface area contributed by atoms with Gasteiger partial charge in [-0.25, -0.2) is 4.79 Å². The zero-order chi connectivity index (χ0) is 30.6. The van der Waals surface area contributed by atoms with E-state index in [1.807, 2.05) is 60.7 Å². The SMILES string of the molecule is CC(C)(C)[Si](C)(C)OC(C=CC1C(OC(=O)c2ccc(-c3ccccc3)cc2)CC2OC(=O)CC21)CCc1ccccc1. The van der Waals surface area contributed by atoms with Crippen LogP contribution in [0.3, 0.4) is 0 Å². The molecule has 43 heavy (non-hydrogen) atoms. The van der Waals surface area contributed by atoms with E-state index in [2.05, 4.69) is 70.3 Å². The average molecular weight is 597 g/mol. The number of hydrogen-bond acceptors (Lipinski definition) is 5. The maximum atomic E-state index is 13.3. The smallest absolute Gasteiger partial charge is 0.338 e. The summed E-state index contributed by atoms with van der Waals surface area (Å²) in [7, 11) is -2.05. The van der Waals surface area contributed by atoms with Crippen molar-refractivity contribution < 1.29 is 23.5 Å². The fraction of sp³-hybridized carbons (Fsp3) is 0.405. The van der Waals surface area contributed by atoms with Crippen LogP contribution in [0.1, 0.15) is 56.0 Å². The zero-order valence-electron chi connectivity index (χ0n) is 26.0. The van der Waals surface area contributed by atoms with Crippen LogP contribution in [0, 0.1) is 11.8 Å². The fourth-order valence-corrected chi connectivity index (χ4v) is 7.19. The van der Waals surface area contributed by atoms with E-state index in [9.17, 15) is 9.59 Å². The van der Waals surface area contributed by atoms with Crippen molar-refractivity contribution in [1.29, 1.82) is 0 Å². The number of carbonyl (C=O) groups is 2. The Morgan fingerprint density at radius 1 is 0.953 bits per heavy atom. The van der Waals surface area contributed by atoms with Crippen LogP contribution < -0.4 is 0 Å². The molecule has 1 heterocycles. The van der Waals surface area contributed by atoms with Gasteiger partial charge >= 0.3 is 11.9 Å². The summed E-state index contributed by atoms with van der Waals surface area (Å²) in [6.45, 7) is 11.3. The molecule has 1 aliphatic carbocycles. The molecule has 0 spiro atoms. The van der Waals surface area contributed by atoms with Crippen LogP contribution in [-0.4, -0.2) is 38.6 Å². The lowest BCUT2D eigenvalue weighted by Gasteiger charge is -2.39. The van der Waals surface area contributed by atoms with Gasteiger partial charge < -0.3 is 13.9 Å². The number of rotatable bonds is 10. The number of esters is 2. The minimum atomic E-state index is -2.05. The summed E-state index contributed by atoms with van der Waals surface area (Å²) in [5.74, 6) is -0.656. The quantitative estimate of drug-likeness (QED) is 0.134. The van der Waals surface area contributed by atoms with E-state index in [1.165, 1.54) is 5.56 Å². The van der Waals surface area contributed by atoms with Crippen LogP contribution in [0.25, 0.3) is 11.1 Å². The van der Waals surface area contributed by atoms with Crippen molar-refractivity contribution in [2.75, 3.05) is 0 Å². The van der Waals surface area contributed by atoms with Crippen molar-refractivity contribution in [2.45, 2.75) is 82.9 Å². The normalized spacial score (nSPS) is 22.8. The lowest BCUT2D eigenvalue weighted by Crippen LogP contribution is -2.43.